The van der Waals surface area contributed by atoms with Crippen molar-refractivity contribution >= 4 is 35.3 Å². The van der Waals surface area contributed by atoms with Crippen LogP contribution in [0.3, 0.4) is 0 Å². The number of nitrogens with one attached hydrogen (secondary N) is 3. The van der Waals surface area contributed by atoms with E-state index in [9.17, 15) is 28.8 Å². The first kappa shape index (κ1) is 35.7. The molecule has 3 saturated heterocycles. The highest BCUT2D eigenvalue weighted by molar-refractivity contribution is 6.38. The zero-order chi connectivity index (χ0) is 36.3. The lowest BCUT2D eigenvalue weighted by atomic mass is 9.83. The van der Waals surface area contributed by atoms with E-state index in [1.165, 1.54) is 18.6 Å². The largest absolute Gasteiger partial charge is 0.347 e. The fraction of sp³-hybridized carbons (Fsp3) is 0.737. The van der Waals surface area contributed by atoms with Gasteiger partial charge in [-0.2, -0.15) is 0 Å². The molecule has 2 unspecified atom stereocenters. The molecule has 1 aromatic heterocycles. The van der Waals surface area contributed by atoms with Crippen LogP contribution in [-0.4, -0.2) is 104 Å². The zero-order valence-corrected chi connectivity index (χ0v) is 30.5. The van der Waals surface area contributed by atoms with Gasteiger partial charge in [0.05, 0.1) is 12.1 Å². The molecule has 4 heterocycles. The third kappa shape index (κ3) is 6.16. The lowest BCUT2D eigenvalue weighted by Crippen LogP contribution is -2.61. The smallest absolute Gasteiger partial charge is 0.338 e. The second kappa shape index (κ2) is 13.3. The van der Waals surface area contributed by atoms with E-state index >= 15 is 0 Å². The molecule has 13 nitrogen and oxygen atoms in total. The number of carbonyl (C=O) groups is 6. The van der Waals surface area contributed by atoms with Crippen LogP contribution in [0.1, 0.15) is 115 Å². The van der Waals surface area contributed by atoms with Crippen molar-refractivity contribution in [2.45, 2.75) is 140 Å². The van der Waals surface area contributed by atoms with Crippen LogP contribution in [0, 0.1) is 23.2 Å². The number of nitrogens with zero attached hydrogens (tertiary/aromatic N) is 4. The maximum Gasteiger partial charge on any atom is 0.338 e. The summed E-state index contributed by atoms with van der Waals surface area (Å²) in [5.41, 5.74) is -1.03. The van der Waals surface area contributed by atoms with Crippen LogP contribution >= 0.6 is 0 Å². The molecule has 0 radical (unpaired) electrons. The summed E-state index contributed by atoms with van der Waals surface area (Å²) in [6.45, 7) is 8.61. The van der Waals surface area contributed by atoms with Crippen molar-refractivity contribution in [1.82, 2.24) is 30.8 Å². The number of amides is 5. The number of ketones is 1. The third-order valence-corrected chi connectivity index (χ3v) is 13.0. The SMILES string of the molecule is CCC[C@@H](C(=O)C(=O)NC1CC1)[N+]12CC13CC[C@H]1CN(C(=O)[C@@H](NC(=O)[C@H](CC4CCCCC4)NC(=O)c4cnccn4)C(C)(C)C)[C@H](C2=O)[C@H]13. The summed E-state index contributed by atoms with van der Waals surface area (Å²) in [5, 5.41) is 8.78. The molecule has 0 aromatic carbocycles. The van der Waals surface area contributed by atoms with Crippen molar-refractivity contribution < 1.29 is 33.3 Å². The van der Waals surface area contributed by atoms with E-state index < -0.39 is 58.6 Å². The van der Waals surface area contributed by atoms with Crippen molar-refractivity contribution in [3.8, 4) is 0 Å². The van der Waals surface area contributed by atoms with E-state index in [2.05, 4.69) is 25.9 Å². The molecule has 13 heteroatoms. The Labute approximate surface area is 300 Å². The number of Topliss-reactive ketones (excluding diaryl/α,β-unsaturated/α-hetero) is 1. The Balaban J connectivity index is 1.13. The number of quaternary nitrogens is 1. The van der Waals surface area contributed by atoms with Crippen molar-refractivity contribution in [2.75, 3.05) is 13.1 Å². The van der Waals surface area contributed by atoms with Gasteiger partial charge in [-0.05, 0) is 42.9 Å². The average Bonchev–Trinajstić information content (AvgIpc) is 3.95. The monoisotopic (exact) mass is 704 g/mol. The van der Waals surface area contributed by atoms with Crippen molar-refractivity contribution in [3.63, 3.8) is 0 Å². The fourth-order valence-electron chi connectivity index (χ4n) is 10.4. The lowest BCUT2D eigenvalue weighted by molar-refractivity contribution is -0.763. The minimum Gasteiger partial charge on any atom is -0.347 e. The number of hydrogen-bond donors (Lipinski definition) is 3. The molecule has 5 amide bonds. The molecule has 6 fully saturated rings. The normalized spacial score (nSPS) is 31.3. The van der Waals surface area contributed by atoms with Crippen LogP contribution in [-0.2, 0) is 24.0 Å². The van der Waals surface area contributed by atoms with Crippen LogP contribution < -0.4 is 16.0 Å². The van der Waals surface area contributed by atoms with Gasteiger partial charge in [0.15, 0.2) is 17.6 Å². The van der Waals surface area contributed by atoms with E-state index in [1.54, 1.807) is 4.90 Å². The zero-order valence-electron chi connectivity index (χ0n) is 30.5. The topological polar surface area (TPSA) is 168 Å². The summed E-state index contributed by atoms with van der Waals surface area (Å²) in [7, 11) is 0. The maximum absolute atomic E-state index is 14.8. The molecule has 7 rings (SSSR count). The van der Waals surface area contributed by atoms with E-state index in [0.717, 1.165) is 57.8 Å². The van der Waals surface area contributed by atoms with E-state index in [-0.39, 0.29) is 45.8 Å². The van der Waals surface area contributed by atoms with Gasteiger partial charge in [0.2, 0.25) is 11.8 Å². The molecule has 1 spiro atoms. The highest BCUT2D eigenvalue weighted by Gasteiger charge is 2.91. The van der Waals surface area contributed by atoms with Gasteiger partial charge in [-0.25, -0.2) is 14.3 Å². The Hall–Kier alpha value is -3.74. The summed E-state index contributed by atoms with van der Waals surface area (Å²) in [6.07, 6.45) is 14.4. The first-order valence-electron chi connectivity index (χ1n) is 19.3. The van der Waals surface area contributed by atoms with Gasteiger partial charge >= 0.3 is 5.91 Å². The molecule has 6 aliphatic rings. The Morgan fingerprint density at radius 3 is 2.41 bits per heavy atom. The average molecular weight is 705 g/mol. The van der Waals surface area contributed by atoms with Gasteiger partial charge in [0.1, 0.15) is 24.3 Å². The molecular weight excluding hydrogens is 650 g/mol. The van der Waals surface area contributed by atoms with E-state index in [4.69, 9.17) is 0 Å². The van der Waals surface area contributed by atoms with Gasteiger partial charge in [-0.1, -0.05) is 66.2 Å². The molecule has 51 heavy (non-hydrogen) atoms. The Bertz CT molecular complexity index is 1590. The number of piperidine rings is 1. The predicted molar refractivity (Wildman–Crippen MR) is 185 cm³/mol. The maximum atomic E-state index is 14.8. The molecule has 0 bridgehead atoms. The van der Waals surface area contributed by atoms with Gasteiger partial charge in [0.25, 0.3) is 17.6 Å². The number of hydrogen-bond acceptors (Lipinski definition) is 8. The van der Waals surface area contributed by atoms with E-state index in [1.807, 2.05) is 27.7 Å². The summed E-state index contributed by atoms with van der Waals surface area (Å²) in [6, 6.07) is -3.26. The first-order valence-corrected chi connectivity index (χ1v) is 19.3. The minimum atomic E-state index is -0.965. The number of rotatable bonds is 13. The fourth-order valence-corrected chi connectivity index (χ4v) is 10.4. The van der Waals surface area contributed by atoms with Crippen LogP contribution in [0.2, 0.25) is 0 Å². The second-order valence-corrected chi connectivity index (χ2v) is 17.3. The molecule has 3 aliphatic heterocycles. The second-order valence-electron chi connectivity index (χ2n) is 17.3. The van der Waals surface area contributed by atoms with Gasteiger partial charge < -0.3 is 20.9 Å². The summed E-state index contributed by atoms with van der Waals surface area (Å²) >= 11 is 0. The van der Waals surface area contributed by atoms with Crippen molar-refractivity contribution in [3.05, 3.63) is 24.3 Å². The van der Waals surface area contributed by atoms with Crippen LogP contribution in [0.5, 0.6) is 0 Å². The summed E-state index contributed by atoms with van der Waals surface area (Å²) in [4.78, 5) is 93.5. The van der Waals surface area contributed by atoms with Gasteiger partial charge in [0, 0.05) is 37.8 Å². The molecule has 3 aliphatic carbocycles. The van der Waals surface area contributed by atoms with Crippen molar-refractivity contribution in [1.29, 1.82) is 0 Å². The first-order chi connectivity index (χ1) is 24.3. The summed E-state index contributed by atoms with van der Waals surface area (Å²) in [5.74, 6) is -2.20. The molecule has 1 aromatic rings. The molecular formula is C38H54N7O6+. The quantitative estimate of drug-likeness (QED) is 0.160. The minimum absolute atomic E-state index is 0.0161. The number of carbonyl (C=O) groups excluding carboxylic acids is 6. The van der Waals surface area contributed by atoms with Crippen LogP contribution in [0.15, 0.2) is 18.6 Å². The van der Waals surface area contributed by atoms with Crippen molar-refractivity contribution in [2.24, 2.45) is 23.2 Å². The molecule has 8 atom stereocenters. The lowest BCUT2D eigenvalue weighted by Gasteiger charge is -2.36. The van der Waals surface area contributed by atoms with E-state index in [0.29, 0.717) is 32.4 Å². The molecule has 3 N–H and O–H groups in total. The van der Waals surface area contributed by atoms with Gasteiger partial charge in [-0.15, -0.1) is 0 Å². The Morgan fingerprint density at radius 2 is 1.76 bits per heavy atom. The number of aromatic nitrogens is 2. The Kier molecular flexibility index (Phi) is 9.33. The third-order valence-electron chi connectivity index (χ3n) is 13.0. The van der Waals surface area contributed by atoms with Gasteiger partial charge in [-0.3, -0.25) is 29.0 Å². The highest BCUT2D eigenvalue weighted by atomic mass is 16.2. The predicted octanol–water partition coefficient (Wildman–Crippen LogP) is 2.44. The Morgan fingerprint density at radius 1 is 1.02 bits per heavy atom. The summed E-state index contributed by atoms with van der Waals surface area (Å²) < 4.78 is -0.0161. The highest BCUT2D eigenvalue weighted by Crippen LogP contribution is 2.70. The standard InChI is InChI=1S/C38H53N7O6/c1-5-9-27(30(46)34(49)41-24-12-13-24)45-21-38(45)15-14-23-20-44(29(28(23)38)36(45)51)35(50)31(37(2,3)4)43-32(47)25(18-22-10-7-6-8-11-22)42-33(48)26-19-39-16-17-40-26/h16-17,19,22-25,27-29,31H,5-15,18,20-21H2,1-4H3,(H2-,41,42,43,47,48,49)/p+1/t23-,25-,27-,28-,29-,31+,38?,45?/m0/s1. The molecule has 276 valence electrons. The molecule has 3 saturated carbocycles. The van der Waals surface area contributed by atoms with Crippen LogP contribution in [0.25, 0.3) is 0 Å². The van der Waals surface area contributed by atoms with Crippen LogP contribution in [0.4, 0.5) is 0 Å². The number of likely N-dealkylation sites (tertiary alicyclic amines) is 1.